The lowest BCUT2D eigenvalue weighted by atomic mass is 10.0. The summed E-state index contributed by atoms with van der Waals surface area (Å²) in [5.74, 6) is -0.886. The fraction of sp³-hybridized carbons (Fsp3) is 0.714. The molecule has 0 aromatic carbocycles. The molecule has 0 saturated heterocycles. The van der Waals surface area contributed by atoms with Crippen LogP contribution in [0, 0.1) is 5.92 Å². The van der Waals surface area contributed by atoms with Gasteiger partial charge in [0.2, 0.25) is 0 Å². The van der Waals surface area contributed by atoms with Crippen molar-refractivity contribution in [3.05, 3.63) is 0 Å². The van der Waals surface area contributed by atoms with Crippen LogP contribution in [0.25, 0.3) is 0 Å². The van der Waals surface area contributed by atoms with E-state index in [0.717, 1.165) is 0 Å². The second-order valence-corrected chi connectivity index (χ2v) is 2.62. The van der Waals surface area contributed by atoms with E-state index in [1.165, 1.54) is 0 Å². The summed E-state index contributed by atoms with van der Waals surface area (Å²) in [6.45, 7) is 2.20. The van der Waals surface area contributed by atoms with E-state index >= 15 is 0 Å². The van der Waals surface area contributed by atoms with Crippen LogP contribution in [0.15, 0.2) is 0 Å². The van der Waals surface area contributed by atoms with Crippen molar-refractivity contribution < 1.29 is 14.7 Å². The van der Waals surface area contributed by atoms with Crippen molar-refractivity contribution in [3.63, 3.8) is 0 Å². The molecule has 5 heteroatoms. The third kappa shape index (κ3) is 5.52. The van der Waals surface area contributed by atoms with Gasteiger partial charge in [-0.1, -0.05) is 13.3 Å². The SMILES string of the molecule is CCC(CNC(N)=O)CC(=O)O. The molecular formula is C7H14N2O3. The Morgan fingerprint density at radius 2 is 2.17 bits per heavy atom. The molecular weight excluding hydrogens is 160 g/mol. The third-order valence-electron chi connectivity index (χ3n) is 1.61. The zero-order chi connectivity index (χ0) is 9.56. The highest BCUT2D eigenvalue weighted by molar-refractivity contribution is 5.71. The monoisotopic (exact) mass is 174 g/mol. The Hall–Kier alpha value is -1.26. The first-order chi connectivity index (χ1) is 5.56. The van der Waals surface area contributed by atoms with Gasteiger partial charge >= 0.3 is 12.0 Å². The Morgan fingerprint density at radius 1 is 1.58 bits per heavy atom. The lowest BCUT2D eigenvalue weighted by Gasteiger charge is -2.11. The van der Waals surface area contributed by atoms with E-state index in [9.17, 15) is 9.59 Å². The van der Waals surface area contributed by atoms with Gasteiger partial charge in [0.15, 0.2) is 0 Å². The molecule has 0 fully saturated rings. The summed E-state index contributed by atoms with van der Waals surface area (Å²) >= 11 is 0. The van der Waals surface area contributed by atoms with E-state index in [2.05, 4.69) is 5.32 Å². The number of aliphatic carboxylic acids is 1. The summed E-state index contributed by atoms with van der Waals surface area (Å²) < 4.78 is 0. The van der Waals surface area contributed by atoms with Gasteiger partial charge in [-0.3, -0.25) is 4.79 Å². The summed E-state index contributed by atoms with van der Waals surface area (Å²) in [6, 6.07) is -0.612. The molecule has 0 aliphatic carbocycles. The first-order valence-corrected chi connectivity index (χ1v) is 3.81. The smallest absolute Gasteiger partial charge is 0.312 e. The van der Waals surface area contributed by atoms with Crippen LogP contribution < -0.4 is 11.1 Å². The molecule has 0 bridgehead atoms. The van der Waals surface area contributed by atoms with Gasteiger partial charge in [0.05, 0.1) is 0 Å². The van der Waals surface area contributed by atoms with E-state index in [1.54, 1.807) is 0 Å². The highest BCUT2D eigenvalue weighted by Gasteiger charge is 2.10. The number of carboxylic acids is 1. The summed E-state index contributed by atoms with van der Waals surface area (Å²) in [7, 11) is 0. The van der Waals surface area contributed by atoms with E-state index in [1.807, 2.05) is 6.92 Å². The van der Waals surface area contributed by atoms with Crippen LogP contribution in [0.1, 0.15) is 19.8 Å². The van der Waals surface area contributed by atoms with Gasteiger partial charge in [0.1, 0.15) is 0 Å². The number of primary amides is 1. The Morgan fingerprint density at radius 3 is 2.50 bits per heavy atom. The Balaban J connectivity index is 3.67. The molecule has 5 nitrogen and oxygen atoms in total. The molecule has 0 rings (SSSR count). The topological polar surface area (TPSA) is 92.4 Å². The molecule has 0 radical (unpaired) electrons. The number of hydrogen-bond donors (Lipinski definition) is 3. The average molecular weight is 174 g/mol. The molecule has 0 heterocycles. The largest absolute Gasteiger partial charge is 0.481 e. The molecule has 1 unspecified atom stereocenters. The van der Waals surface area contributed by atoms with Crippen LogP contribution in [0.4, 0.5) is 4.79 Å². The lowest BCUT2D eigenvalue weighted by molar-refractivity contribution is -0.138. The maximum absolute atomic E-state index is 10.3. The zero-order valence-electron chi connectivity index (χ0n) is 7.04. The summed E-state index contributed by atoms with van der Waals surface area (Å²) in [5, 5.41) is 10.8. The molecule has 0 aromatic heterocycles. The Bertz CT molecular complexity index is 170. The molecule has 0 aromatic rings. The van der Waals surface area contributed by atoms with Crippen LogP contribution in [-0.2, 0) is 4.79 Å². The van der Waals surface area contributed by atoms with Gasteiger partial charge in [0, 0.05) is 13.0 Å². The number of carbonyl (C=O) groups excluding carboxylic acids is 1. The number of amides is 2. The molecule has 2 amide bonds. The summed E-state index contributed by atoms with van der Waals surface area (Å²) in [6.07, 6.45) is 0.781. The molecule has 12 heavy (non-hydrogen) atoms. The molecule has 0 aliphatic rings. The number of urea groups is 1. The number of hydrogen-bond acceptors (Lipinski definition) is 2. The van der Waals surface area contributed by atoms with Crippen LogP contribution in [0.2, 0.25) is 0 Å². The number of carboxylic acid groups (broad SMARTS) is 1. The third-order valence-corrected chi connectivity index (χ3v) is 1.61. The van der Waals surface area contributed by atoms with E-state index in [0.29, 0.717) is 13.0 Å². The van der Waals surface area contributed by atoms with Crippen molar-refractivity contribution in [2.75, 3.05) is 6.54 Å². The zero-order valence-corrected chi connectivity index (χ0v) is 7.04. The van der Waals surface area contributed by atoms with E-state index in [-0.39, 0.29) is 12.3 Å². The van der Waals surface area contributed by atoms with E-state index in [4.69, 9.17) is 10.8 Å². The fourth-order valence-electron chi connectivity index (χ4n) is 0.853. The van der Waals surface area contributed by atoms with Crippen molar-refractivity contribution in [3.8, 4) is 0 Å². The fourth-order valence-corrected chi connectivity index (χ4v) is 0.853. The molecule has 0 aliphatic heterocycles. The van der Waals surface area contributed by atoms with Crippen LogP contribution in [0.5, 0.6) is 0 Å². The molecule has 1 atom stereocenters. The maximum Gasteiger partial charge on any atom is 0.312 e. The quantitative estimate of drug-likeness (QED) is 0.554. The number of carbonyl (C=O) groups is 2. The minimum absolute atomic E-state index is 0.0324. The van der Waals surface area contributed by atoms with Gasteiger partial charge in [-0.05, 0) is 5.92 Å². The summed E-state index contributed by atoms with van der Waals surface area (Å²) in [5.41, 5.74) is 4.83. The van der Waals surface area contributed by atoms with Gasteiger partial charge < -0.3 is 16.2 Å². The Kier molecular flexibility index (Phi) is 4.83. The van der Waals surface area contributed by atoms with Gasteiger partial charge in [-0.2, -0.15) is 0 Å². The van der Waals surface area contributed by atoms with Crippen molar-refractivity contribution in [1.29, 1.82) is 0 Å². The summed E-state index contributed by atoms with van der Waals surface area (Å²) in [4.78, 5) is 20.5. The van der Waals surface area contributed by atoms with Crippen molar-refractivity contribution in [2.24, 2.45) is 11.7 Å². The highest BCUT2D eigenvalue weighted by atomic mass is 16.4. The first-order valence-electron chi connectivity index (χ1n) is 3.81. The van der Waals surface area contributed by atoms with Crippen molar-refractivity contribution >= 4 is 12.0 Å². The molecule has 0 spiro atoms. The normalized spacial score (nSPS) is 12.1. The first kappa shape index (κ1) is 10.7. The van der Waals surface area contributed by atoms with Crippen LogP contribution >= 0.6 is 0 Å². The van der Waals surface area contributed by atoms with Gasteiger partial charge in [0.25, 0.3) is 0 Å². The molecule has 0 saturated carbocycles. The Labute approximate surface area is 70.9 Å². The van der Waals surface area contributed by atoms with Crippen molar-refractivity contribution in [1.82, 2.24) is 5.32 Å². The van der Waals surface area contributed by atoms with E-state index < -0.39 is 12.0 Å². The second-order valence-electron chi connectivity index (χ2n) is 2.62. The average Bonchev–Trinajstić information content (AvgIpc) is 1.97. The number of nitrogens with one attached hydrogen (secondary N) is 1. The standard InChI is InChI=1S/C7H14N2O3/c1-2-5(3-6(10)11)4-9-7(8)12/h5H,2-4H2,1H3,(H,10,11)(H3,8,9,12). The molecule has 70 valence electrons. The maximum atomic E-state index is 10.3. The number of nitrogens with two attached hydrogens (primary N) is 1. The minimum atomic E-state index is -0.854. The minimum Gasteiger partial charge on any atom is -0.481 e. The number of rotatable bonds is 5. The van der Waals surface area contributed by atoms with Gasteiger partial charge in [-0.25, -0.2) is 4.79 Å². The highest BCUT2D eigenvalue weighted by Crippen LogP contribution is 2.05. The van der Waals surface area contributed by atoms with Crippen molar-refractivity contribution in [2.45, 2.75) is 19.8 Å². The predicted octanol–water partition coefficient (Wildman–Crippen LogP) is 0.156. The van der Waals surface area contributed by atoms with Crippen LogP contribution in [0.3, 0.4) is 0 Å². The predicted molar refractivity (Wildman–Crippen MR) is 43.6 cm³/mol. The van der Waals surface area contributed by atoms with Gasteiger partial charge in [-0.15, -0.1) is 0 Å². The lowest BCUT2D eigenvalue weighted by Crippen LogP contribution is -2.34. The molecule has 4 N–H and O–H groups in total. The van der Waals surface area contributed by atoms with Crippen LogP contribution in [-0.4, -0.2) is 23.7 Å². The second kappa shape index (κ2) is 5.40.